The van der Waals surface area contributed by atoms with Gasteiger partial charge in [-0.25, -0.2) is 14.6 Å². The molecule has 0 aliphatic rings. The van der Waals surface area contributed by atoms with Crippen molar-refractivity contribution in [1.29, 1.82) is 0 Å². The third-order valence-electron chi connectivity index (χ3n) is 4.51. The van der Waals surface area contributed by atoms with E-state index in [0.717, 1.165) is 16.6 Å². The van der Waals surface area contributed by atoms with Crippen LogP contribution in [0, 0.1) is 0 Å². The van der Waals surface area contributed by atoms with Gasteiger partial charge in [-0.05, 0) is 32.6 Å². The van der Waals surface area contributed by atoms with Crippen molar-refractivity contribution in [2.24, 2.45) is 0 Å². The first-order valence-corrected chi connectivity index (χ1v) is 8.74. The molecule has 3 heterocycles. The molecule has 0 radical (unpaired) electrons. The van der Waals surface area contributed by atoms with Crippen LogP contribution >= 0.6 is 0 Å². The Kier molecular flexibility index (Phi) is 4.33. The number of oxazole rings is 1. The van der Waals surface area contributed by atoms with Crippen molar-refractivity contribution in [3.63, 3.8) is 0 Å². The minimum atomic E-state index is -1.39. The first-order chi connectivity index (χ1) is 13.4. The first kappa shape index (κ1) is 18.1. The van der Waals surface area contributed by atoms with Gasteiger partial charge in [-0.3, -0.25) is 0 Å². The Morgan fingerprint density at radius 3 is 2.71 bits per heavy atom. The average molecular weight is 379 g/mol. The standard InChI is InChI=1S/C19H21N7O2/c1-19(27,17-21-8-9-28-17)12-4-5-13-14(11-25(2)3)24-26(15(13)10-12)16-6-7-22-18(20)23-16/h4-10,27H,11H2,1-3H3,(H2,20,22,23). The summed E-state index contributed by atoms with van der Waals surface area (Å²) in [5, 5.41) is 16.7. The smallest absolute Gasteiger partial charge is 0.230 e. The zero-order chi connectivity index (χ0) is 19.9. The van der Waals surface area contributed by atoms with Crippen LogP contribution < -0.4 is 5.73 Å². The monoisotopic (exact) mass is 379 g/mol. The number of nitrogens with zero attached hydrogens (tertiary/aromatic N) is 6. The van der Waals surface area contributed by atoms with Crippen molar-refractivity contribution in [3.05, 3.63) is 60.1 Å². The molecular weight excluding hydrogens is 358 g/mol. The number of benzene rings is 1. The molecule has 0 aliphatic heterocycles. The van der Waals surface area contributed by atoms with Crippen LogP contribution in [0.25, 0.3) is 16.7 Å². The predicted octanol–water partition coefficient (Wildman–Crippen LogP) is 1.70. The fourth-order valence-corrected chi connectivity index (χ4v) is 3.14. The summed E-state index contributed by atoms with van der Waals surface area (Å²) in [6.07, 6.45) is 4.53. The molecule has 3 N–H and O–H groups in total. The number of hydrogen-bond acceptors (Lipinski definition) is 8. The van der Waals surface area contributed by atoms with E-state index in [2.05, 4.69) is 15.0 Å². The van der Waals surface area contributed by atoms with Crippen LogP contribution in [-0.2, 0) is 12.1 Å². The second kappa shape index (κ2) is 6.70. The number of aliphatic hydroxyl groups is 1. The summed E-state index contributed by atoms with van der Waals surface area (Å²) in [6.45, 7) is 2.30. The number of aromatic nitrogens is 5. The molecule has 0 spiro atoms. The van der Waals surface area contributed by atoms with Gasteiger partial charge in [-0.2, -0.15) is 10.1 Å². The van der Waals surface area contributed by atoms with Crippen LogP contribution in [0.3, 0.4) is 0 Å². The molecule has 1 aromatic carbocycles. The van der Waals surface area contributed by atoms with Crippen molar-refractivity contribution < 1.29 is 9.52 Å². The maximum Gasteiger partial charge on any atom is 0.230 e. The molecule has 0 aliphatic carbocycles. The summed E-state index contributed by atoms with van der Waals surface area (Å²) in [7, 11) is 3.96. The molecule has 9 heteroatoms. The molecule has 1 atom stereocenters. The molecule has 0 fully saturated rings. The van der Waals surface area contributed by atoms with E-state index in [1.165, 1.54) is 12.5 Å². The van der Waals surface area contributed by atoms with Crippen LogP contribution in [0.1, 0.15) is 24.1 Å². The Morgan fingerprint density at radius 1 is 1.21 bits per heavy atom. The van der Waals surface area contributed by atoms with E-state index < -0.39 is 5.60 Å². The Morgan fingerprint density at radius 2 is 2.04 bits per heavy atom. The van der Waals surface area contributed by atoms with Gasteiger partial charge in [0.2, 0.25) is 11.8 Å². The largest absolute Gasteiger partial charge is 0.446 e. The van der Waals surface area contributed by atoms with Gasteiger partial charge in [-0.1, -0.05) is 12.1 Å². The van der Waals surface area contributed by atoms with Crippen molar-refractivity contribution >= 4 is 16.9 Å². The van der Waals surface area contributed by atoms with Crippen molar-refractivity contribution in [2.45, 2.75) is 19.1 Å². The fraction of sp³-hybridized carbons (Fsp3) is 0.263. The summed E-state index contributed by atoms with van der Waals surface area (Å²) in [6, 6.07) is 7.39. The summed E-state index contributed by atoms with van der Waals surface area (Å²) < 4.78 is 7.04. The van der Waals surface area contributed by atoms with E-state index in [9.17, 15) is 5.11 Å². The fourth-order valence-electron chi connectivity index (χ4n) is 3.14. The summed E-state index contributed by atoms with van der Waals surface area (Å²) in [4.78, 5) is 14.4. The van der Waals surface area contributed by atoms with Crippen molar-refractivity contribution in [3.8, 4) is 5.82 Å². The quantitative estimate of drug-likeness (QED) is 0.538. The van der Waals surface area contributed by atoms with Crippen LogP contribution in [0.5, 0.6) is 0 Å². The highest BCUT2D eigenvalue weighted by atomic mass is 16.4. The lowest BCUT2D eigenvalue weighted by Crippen LogP contribution is -2.23. The number of nitrogens with two attached hydrogens (primary N) is 1. The third kappa shape index (κ3) is 3.10. The predicted molar refractivity (Wildman–Crippen MR) is 104 cm³/mol. The van der Waals surface area contributed by atoms with Crippen LogP contribution in [-0.4, -0.2) is 48.8 Å². The minimum Gasteiger partial charge on any atom is -0.446 e. The summed E-state index contributed by atoms with van der Waals surface area (Å²) in [5.41, 5.74) is 6.68. The molecule has 0 bridgehead atoms. The van der Waals surface area contributed by atoms with E-state index in [4.69, 9.17) is 15.2 Å². The molecule has 144 valence electrons. The average Bonchev–Trinajstić information content (AvgIpc) is 3.30. The highest BCUT2D eigenvalue weighted by molar-refractivity contribution is 5.84. The molecule has 0 amide bonds. The number of fused-ring (bicyclic) bond motifs is 1. The van der Waals surface area contributed by atoms with Crippen LogP contribution in [0.2, 0.25) is 0 Å². The molecule has 0 saturated heterocycles. The third-order valence-corrected chi connectivity index (χ3v) is 4.51. The lowest BCUT2D eigenvalue weighted by Gasteiger charge is -2.20. The Hall–Kier alpha value is -3.30. The normalized spacial score (nSPS) is 13.9. The number of anilines is 1. The van der Waals surface area contributed by atoms with Crippen LogP contribution in [0.15, 0.2) is 47.3 Å². The second-order valence-electron chi connectivity index (χ2n) is 7.01. The summed E-state index contributed by atoms with van der Waals surface area (Å²) >= 11 is 0. The lowest BCUT2D eigenvalue weighted by atomic mass is 9.94. The van der Waals surface area contributed by atoms with E-state index >= 15 is 0 Å². The number of rotatable bonds is 5. The molecule has 1 unspecified atom stereocenters. The van der Waals surface area contributed by atoms with Gasteiger partial charge >= 0.3 is 0 Å². The molecule has 4 aromatic rings. The molecular formula is C19H21N7O2. The Balaban J connectivity index is 1.92. The van der Waals surface area contributed by atoms with Crippen LogP contribution in [0.4, 0.5) is 5.95 Å². The zero-order valence-corrected chi connectivity index (χ0v) is 15.9. The highest BCUT2D eigenvalue weighted by Gasteiger charge is 2.31. The molecule has 3 aromatic heterocycles. The molecule has 4 rings (SSSR count). The topological polar surface area (TPSA) is 119 Å². The highest BCUT2D eigenvalue weighted by Crippen LogP contribution is 2.32. The molecule has 0 saturated carbocycles. The van der Waals surface area contributed by atoms with Gasteiger partial charge in [0, 0.05) is 24.2 Å². The minimum absolute atomic E-state index is 0.165. The lowest BCUT2D eigenvalue weighted by molar-refractivity contribution is 0.0709. The van der Waals surface area contributed by atoms with Gasteiger partial charge in [0.05, 0.1) is 17.4 Å². The maximum atomic E-state index is 11.0. The van der Waals surface area contributed by atoms with Gasteiger partial charge in [0.1, 0.15) is 6.26 Å². The van der Waals surface area contributed by atoms with Gasteiger partial charge < -0.3 is 20.2 Å². The first-order valence-electron chi connectivity index (χ1n) is 8.74. The Labute approximate surface area is 161 Å². The summed E-state index contributed by atoms with van der Waals surface area (Å²) in [5.74, 6) is 0.936. The van der Waals surface area contributed by atoms with Gasteiger partial charge in [0.15, 0.2) is 11.4 Å². The van der Waals surface area contributed by atoms with Crippen molar-refractivity contribution in [1.82, 2.24) is 29.6 Å². The molecule has 9 nitrogen and oxygen atoms in total. The van der Waals surface area contributed by atoms with E-state index in [-0.39, 0.29) is 11.8 Å². The maximum absolute atomic E-state index is 11.0. The SMILES string of the molecule is CN(C)Cc1nn(-c2ccnc(N)n2)c2cc(C(C)(O)c3ncco3)ccc12. The molecule has 28 heavy (non-hydrogen) atoms. The van der Waals surface area contributed by atoms with E-state index in [1.54, 1.807) is 23.9 Å². The van der Waals surface area contributed by atoms with E-state index in [0.29, 0.717) is 17.9 Å². The van der Waals surface area contributed by atoms with Crippen molar-refractivity contribution in [2.75, 3.05) is 19.8 Å². The van der Waals surface area contributed by atoms with E-state index in [1.807, 2.05) is 37.2 Å². The number of hydrogen-bond donors (Lipinski definition) is 2. The van der Waals surface area contributed by atoms with Gasteiger partial charge in [0.25, 0.3) is 0 Å². The Bertz CT molecular complexity index is 1120. The number of nitrogen functional groups attached to an aromatic ring is 1. The second-order valence-corrected chi connectivity index (χ2v) is 7.01. The van der Waals surface area contributed by atoms with Gasteiger partial charge in [-0.15, -0.1) is 0 Å². The zero-order valence-electron chi connectivity index (χ0n) is 15.9.